The lowest BCUT2D eigenvalue weighted by atomic mass is 9.85. The van der Waals surface area contributed by atoms with Crippen LogP contribution in [0.3, 0.4) is 0 Å². The van der Waals surface area contributed by atoms with Gasteiger partial charge in [-0.3, -0.25) is 14.3 Å². The maximum absolute atomic E-state index is 13.0. The zero-order valence-corrected chi connectivity index (χ0v) is 20.3. The van der Waals surface area contributed by atoms with Crippen LogP contribution in [-0.4, -0.2) is 56.8 Å². The van der Waals surface area contributed by atoms with E-state index in [4.69, 9.17) is 0 Å². The van der Waals surface area contributed by atoms with Crippen molar-refractivity contribution in [2.75, 3.05) is 24.5 Å². The van der Waals surface area contributed by atoms with Crippen molar-refractivity contribution >= 4 is 5.69 Å². The molecule has 1 aliphatic heterocycles. The predicted octanol–water partition coefficient (Wildman–Crippen LogP) is 3.53. The Morgan fingerprint density at radius 3 is 2.81 bits per heavy atom. The molecule has 5 rings (SSSR count). The second-order valence-corrected chi connectivity index (χ2v) is 9.62. The van der Waals surface area contributed by atoms with Gasteiger partial charge in [0.05, 0.1) is 12.4 Å². The van der Waals surface area contributed by atoms with Crippen LogP contribution in [0.25, 0.3) is 11.3 Å². The Kier molecular flexibility index (Phi) is 7.26. The molecule has 2 atom stereocenters. The molecule has 0 bridgehead atoms. The molecule has 1 N–H and O–H groups in total. The van der Waals surface area contributed by atoms with Crippen molar-refractivity contribution in [3.8, 4) is 17.0 Å². The summed E-state index contributed by atoms with van der Waals surface area (Å²) in [6, 6.07) is 5.52. The second kappa shape index (κ2) is 10.7. The fraction of sp³-hybridized carbons (Fsp3) is 0.520. The molecule has 192 valence electrons. The third-order valence-electron chi connectivity index (χ3n) is 7.17. The van der Waals surface area contributed by atoms with E-state index in [2.05, 4.69) is 30.2 Å². The van der Waals surface area contributed by atoms with E-state index in [1.807, 2.05) is 13.0 Å². The molecule has 3 aromatic rings. The van der Waals surface area contributed by atoms with E-state index >= 15 is 0 Å². The van der Waals surface area contributed by atoms with Gasteiger partial charge in [-0.15, -0.1) is 5.10 Å². The van der Waals surface area contributed by atoms with Gasteiger partial charge in [-0.05, 0) is 57.2 Å². The highest BCUT2D eigenvalue weighted by Crippen LogP contribution is 2.26. The fourth-order valence-electron chi connectivity index (χ4n) is 4.84. The first-order chi connectivity index (χ1) is 17.5. The van der Waals surface area contributed by atoms with E-state index in [-0.39, 0.29) is 11.3 Å². The Morgan fingerprint density at radius 1 is 1.19 bits per heavy atom. The third-order valence-corrected chi connectivity index (χ3v) is 7.17. The van der Waals surface area contributed by atoms with Crippen molar-refractivity contribution in [1.82, 2.24) is 29.9 Å². The van der Waals surface area contributed by atoms with Gasteiger partial charge in [0.1, 0.15) is 17.6 Å². The number of ether oxygens (including phenoxy) is 1. The van der Waals surface area contributed by atoms with Crippen molar-refractivity contribution in [2.45, 2.75) is 57.8 Å². The molecular formula is C25H31F2N7O2. The molecule has 2 aliphatic rings. The molecule has 9 nitrogen and oxygen atoms in total. The molecule has 3 aromatic heterocycles. The highest BCUT2D eigenvalue weighted by molar-refractivity contribution is 5.58. The monoisotopic (exact) mass is 499 g/mol. The lowest BCUT2D eigenvalue weighted by Gasteiger charge is -2.36. The number of anilines is 1. The molecule has 4 heterocycles. The van der Waals surface area contributed by atoms with E-state index in [9.17, 15) is 13.6 Å². The number of alkyl halides is 2. The van der Waals surface area contributed by atoms with Crippen LogP contribution in [-0.2, 0) is 0 Å². The first-order valence-electron chi connectivity index (χ1n) is 12.5. The molecule has 0 aromatic carbocycles. The number of nitrogens with zero attached hydrogens (tertiary/aromatic N) is 6. The highest BCUT2D eigenvalue weighted by Gasteiger charge is 2.23. The van der Waals surface area contributed by atoms with Gasteiger partial charge in [0.25, 0.3) is 5.56 Å². The summed E-state index contributed by atoms with van der Waals surface area (Å²) in [6.45, 7) is 1.84. The molecular weight excluding hydrogens is 468 g/mol. The van der Waals surface area contributed by atoms with Crippen LogP contribution in [0.4, 0.5) is 14.5 Å². The predicted molar refractivity (Wildman–Crippen MR) is 131 cm³/mol. The summed E-state index contributed by atoms with van der Waals surface area (Å²) in [6.07, 6.45) is 12.0. The van der Waals surface area contributed by atoms with Gasteiger partial charge >= 0.3 is 6.61 Å². The first-order valence-corrected chi connectivity index (χ1v) is 12.5. The number of nitrogens with one attached hydrogen (secondary N) is 1. The van der Waals surface area contributed by atoms with Gasteiger partial charge in [0, 0.05) is 48.8 Å². The zero-order chi connectivity index (χ0) is 25.1. The Labute approximate surface area is 208 Å². The average Bonchev–Trinajstić information content (AvgIpc) is 3.33. The summed E-state index contributed by atoms with van der Waals surface area (Å²) in [5.41, 5.74) is 1.72. The number of rotatable bonds is 9. The maximum Gasteiger partial charge on any atom is 0.387 e. The van der Waals surface area contributed by atoms with E-state index in [1.54, 1.807) is 27.7 Å². The van der Waals surface area contributed by atoms with Gasteiger partial charge in [-0.25, -0.2) is 4.68 Å². The van der Waals surface area contributed by atoms with Gasteiger partial charge in [-0.2, -0.15) is 8.78 Å². The van der Waals surface area contributed by atoms with E-state index in [0.29, 0.717) is 17.3 Å². The summed E-state index contributed by atoms with van der Waals surface area (Å²) < 4.78 is 32.6. The largest absolute Gasteiger partial charge is 0.433 e. The van der Waals surface area contributed by atoms with Crippen LogP contribution in [0.5, 0.6) is 5.75 Å². The molecule has 0 radical (unpaired) electrons. The van der Waals surface area contributed by atoms with Crippen molar-refractivity contribution in [1.29, 1.82) is 0 Å². The Bertz CT molecular complexity index is 1230. The quantitative estimate of drug-likeness (QED) is 0.482. The minimum absolute atomic E-state index is 0.0601. The lowest BCUT2D eigenvalue weighted by molar-refractivity contribution is -0.0500. The number of halogens is 2. The van der Waals surface area contributed by atoms with Crippen LogP contribution in [0.15, 0.2) is 47.8 Å². The standard InChI is InChI=1S/C25H31F2N7O2/c1-17(34-16-23(30-31-34)19-10-22(14-28-13-19)36-25(26)27)33-9-7-21(11-24(33)35)32-8-3-6-20(15-32)29-12-18-4-2-5-18/h7,9-11,13-14,16-18,20,25,29H,2-6,8,12,15H2,1H3/t17?,20-/m1/s1. The second-order valence-electron chi connectivity index (χ2n) is 9.62. The van der Waals surface area contributed by atoms with Gasteiger partial charge in [0.15, 0.2) is 0 Å². The Morgan fingerprint density at radius 2 is 2.06 bits per heavy atom. The molecule has 0 spiro atoms. The highest BCUT2D eigenvalue weighted by atomic mass is 19.3. The molecule has 1 unspecified atom stereocenters. The summed E-state index contributed by atoms with van der Waals surface area (Å²) in [7, 11) is 0. The topological polar surface area (TPSA) is 90.1 Å². The fourth-order valence-corrected chi connectivity index (χ4v) is 4.84. The molecule has 1 saturated carbocycles. The van der Waals surface area contributed by atoms with E-state index < -0.39 is 12.8 Å². The molecule has 11 heteroatoms. The summed E-state index contributed by atoms with van der Waals surface area (Å²) in [5, 5.41) is 12.0. The third kappa shape index (κ3) is 5.56. The van der Waals surface area contributed by atoms with Crippen molar-refractivity contribution in [3.63, 3.8) is 0 Å². The molecule has 1 aliphatic carbocycles. The number of piperidine rings is 1. The number of aromatic nitrogens is 5. The van der Waals surface area contributed by atoms with Crippen LogP contribution in [0.2, 0.25) is 0 Å². The normalized spacial score (nSPS) is 19.3. The van der Waals surface area contributed by atoms with Crippen LogP contribution >= 0.6 is 0 Å². The van der Waals surface area contributed by atoms with Crippen molar-refractivity contribution in [3.05, 3.63) is 53.3 Å². The molecule has 0 amide bonds. The van der Waals surface area contributed by atoms with E-state index in [0.717, 1.165) is 37.7 Å². The molecule has 2 fully saturated rings. The van der Waals surface area contributed by atoms with Crippen LogP contribution in [0.1, 0.15) is 45.2 Å². The van der Waals surface area contributed by atoms with Gasteiger partial charge < -0.3 is 15.0 Å². The molecule has 1 saturated heterocycles. The summed E-state index contributed by atoms with van der Waals surface area (Å²) in [5.74, 6) is 0.768. The summed E-state index contributed by atoms with van der Waals surface area (Å²) in [4.78, 5) is 19.2. The average molecular weight is 500 g/mol. The maximum atomic E-state index is 13.0. The lowest BCUT2D eigenvalue weighted by Crippen LogP contribution is -2.47. The minimum atomic E-state index is -2.94. The minimum Gasteiger partial charge on any atom is -0.433 e. The molecule has 36 heavy (non-hydrogen) atoms. The zero-order valence-electron chi connectivity index (χ0n) is 20.3. The SMILES string of the molecule is CC(n1cc(-c2cncc(OC(F)F)c2)nn1)n1ccc(N2CCC[C@@H](NCC3CCC3)C2)cc1=O. The van der Waals surface area contributed by atoms with E-state index in [1.165, 1.54) is 44.1 Å². The first kappa shape index (κ1) is 24.4. The van der Waals surface area contributed by atoms with Crippen LogP contribution in [0, 0.1) is 5.92 Å². The Balaban J connectivity index is 1.26. The number of pyridine rings is 2. The van der Waals surface area contributed by atoms with Crippen LogP contribution < -0.4 is 20.5 Å². The van der Waals surface area contributed by atoms with Crippen molar-refractivity contribution < 1.29 is 13.5 Å². The number of hydrogen-bond donors (Lipinski definition) is 1. The van der Waals surface area contributed by atoms with Gasteiger partial charge in [0.2, 0.25) is 0 Å². The Hall–Kier alpha value is -3.34. The summed E-state index contributed by atoms with van der Waals surface area (Å²) >= 11 is 0. The van der Waals surface area contributed by atoms with Crippen molar-refractivity contribution in [2.24, 2.45) is 5.92 Å². The number of hydrogen-bond acceptors (Lipinski definition) is 7. The smallest absolute Gasteiger partial charge is 0.387 e. The van der Waals surface area contributed by atoms with Gasteiger partial charge in [-0.1, -0.05) is 11.6 Å².